The van der Waals surface area contributed by atoms with Crippen LogP contribution in [-0.2, 0) is 11.2 Å². The molecule has 3 rings (SSSR count). The standard InChI is InChI=1S/C19H20N2O5/c1-21-14-7-5-12(9-11(14)10-16(21)22)20-19(23)13-6-8-15(24-2)18(26-4)17(13)25-3/h5-9H,10H2,1-4H3,(H,20,23). The highest BCUT2D eigenvalue weighted by molar-refractivity contribution is 6.08. The lowest BCUT2D eigenvalue weighted by molar-refractivity contribution is -0.117. The van der Waals surface area contributed by atoms with Crippen molar-refractivity contribution in [3.63, 3.8) is 0 Å². The van der Waals surface area contributed by atoms with Crippen molar-refractivity contribution in [2.24, 2.45) is 0 Å². The van der Waals surface area contributed by atoms with Crippen LogP contribution in [0.2, 0.25) is 0 Å². The van der Waals surface area contributed by atoms with E-state index in [4.69, 9.17) is 14.2 Å². The molecule has 0 unspecified atom stereocenters. The van der Waals surface area contributed by atoms with Gasteiger partial charge in [0.15, 0.2) is 11.5 Å². The van der Waals surface area contributed by atoms with E-state index < -0.39 is 0 Å². The average molecular weight is 356 g/mol. The SMILES string of the molecule is COc1ccc(C(=O)Nc2ccc3c(c2)CC(=O)N3C)c(OC)c1OC. The van der Waals surface area contributed by atoms with Gasteiger partial charge in [-0.25, -0.2) is 0 Å². The number of hydrogen-bond donors (Lipinski definition) is 1. The van der Waals surface area contributed by atoms with Gasteiger partial charge in [-0.3, -0.25) is 9.59 Å². The van der Waals surface area contributed by atoms with Crippen molar-refractivity contribution >= 4 is 23.2 Å². The van der Waals surface area contributed by atoms with Gasteiger partial charge in [0.25, 0.3) is 5.91 Å². The number of hydrogen-bond acceptors (Lipinski definition) is 5. The van der Waals surface area contributed by atoms with Gasteiger partial charge in [-0.15, -0.1) is 0 Å². The molecule has 1 N–H and O–H groups in total. The van der Waals surface area contributed by atoms with Gasteiger partial charge in [0.05, 0.1) is 33.3 Å². The number of carbonyl (C=O) groups is 2. The van der Waals surface area contributed by atoms with E-state index in [1.54, 1.807) is 30.1 Å². The van der Waals surface area contributed by atoms with Crippen molar-refractivity contribution in [1.82, 2.24) is 0 Å². The highest BCUT2D eigenvalue weighted by Crippen LogP contribution is 2.40. The van der Waals surface area contributed by atoms with Gasteiger partial charge in [-0.2, -0.15) is 0 Å². The summed E-state index contributed by atoms with van der Waals surface area (Å²) in [5.41, 5.74) is 2.67. The fourth-order valence-electron chi connectivity index (χ4n) is 3.03. The molecule has 7 heteroatoms. The van der Waals surface area contributed by atoms with Crippen molar-refractivity contribution < 1.29 is 23.8 Å². The molecule has 0 fully saturated rings. The van der Waals surface area contributed by atoms with E-state index in [-0.39, 0.29) is 11.8 Å². The predicted octanol–water partition coefficient (Wildman–Crippen LogP) is 2.48. The zero-order valence-corrected chi connectivity index (χ0v) is 15.1. The molecule has 2 aromatic carbocycles. The summed E-state index contributed by atoms with van der Waals surface area (Å²) in [5.74, 6) is 0.801. The maximum absolute atomic E-state index is 12.7. The first-order valence-corrected chi connectivity index (χ1v) is 8.00. The number of rotatable bonds is 5. The lowest BCUT2D eigenvalue weighted by Crippen LogP contribution is -2.20. The van der Waals surface area contributed by atoms with Crippen molar-refractivity contribution in [2.45, 2.75) is 6.42 Å². The second kappa shape index (κ2) is 6.95. The van der Waals surface area contributed by atoms with Gasteiger partial charge in [0, 0.05) is 18.4 Å². The van der Waals surface area contributed by atoms with E-state index in [0.29, 0.717) is 34.9 Å². The first-order valence-electron chi connectivity index (χ1n) is 8.00. The summed E-state index contributed by atoms with van der Waals surface area (Å²) in [6, 6.07) is 8.65. The van der Waals surface area contributed by atoms with Crippen LogP contribution in [0.1, 0.15) is 15.9 Å². The van der Waals surface area contributed by atoms with Crippen LogP contribution in [0, 0.1) is 0 Å². The molecular formula is C19H20N2O5. The third-order valence-electron chi connectivity index (χ3n) is 4.36. The lowest BCUT2D eigenvalue weighted by atomic mass is 10.1. The van der Waals surface area contributed by atoms with Crippen LogP contribution in [0.3, 0.4) is 0 Å². The Hall–Kier alpha value is -3.22. The number of carbonyl (C=O) groups excluding carboxylic acids is 2. The number of amides is 2. The van der Waals surface area contributed by atoms with Crippen LogP contribution in [0.25, 0.3) is 0 Å². The second-order valence-electron chi connectivity index (χ2n) is 5.81. The molecule has 1 heterocycles. The number of likely N-dealkylation sites (N-methyl/N-ethyl adjacent to an activating group) is 1. The molecule has 2 aromatic rings. The monoisotopic (exact) mass is 356 g/mol. The molecule has 136 valence electrons. The average Bonchev–Trinajstić information content (AvgIpc) is 2.93. The molecule has 1 aliphatic heterocycles. The normalized spacial score (nSPS) is 12.6. The summed E-state index contributed by atoms with van der Waals surface area (Å²) in [6.45, 7) is 0. The maximum atomic E-state index is 12.7. The summed E-state index contributed by atoms with van der Waals surface area (Å²) in [5, 5.41) is 2.84. The largest absolute Gasteiger partial charge is 0.493 e. The molecule has 0 spiro atoms. The van der Waals surface area contributed by atoms with Crippen LogP contribution >= 0.6 is 0 Å². The molecule has 0 bridgehead atoms. The quantitative estimate of drug-likeness (QED) is 0.891. The summed E-state index contributed by atoms with van der Waals surface area (Å²) in [4.78, 5) is 26.1. The van der Waals surface area contributed by atoms with Crippen LogP contribution in [-0.4, -0.2) is 40.2 Å². The van der Waals surface area contributed by atoms with Gasteiger partial charge in [0.1, 0.15) is 0 Å². The Morgan fingerprint density at radius 3 is 2.42 bits per heavy atom. The van der Waals surface area contributed by atoms with E-state index >= 15 is 0 Å². The minimum atomic E-state index is -0.347. The summed E-state index contributed by atoms with van der Waals surface area (Å²) >= 11 is 0. The minimum absolute atomic E-state index is 0.0324. The maximum Gasteiger partial charge on any atom is 0.259 e. The van der Waals surface area contributed by atoms with E-state index in [1.165, 1.54) is 21.3 Å². The molecule has 1 aliphatic rings. The fourth-order valence-corrected chi connectivity index (χ4v) is 3.03. The molecule has 0 saturated heterocycles. The lowest BCUT2D eigenvalue weighted by Gasteiger charge is -2.16. The zero-order chi connectivity index (χ0) is 18.8. The van der Waals surface area contributed by atoms with Gasteiger partial charge >= 0.3 is 0 Å². The first kappa shape index (κ1) is 17.6. The molecule has 0 aliphatic carbocycles. The van der Waals surface area contributed by atoms with E-state index in [2.05, 4.69) is 5.32 Å². The van der Waals surface area contributed by atoms with Gasteiger partial charge in [0.2, 0.25) is 11.7 Å². The van der Waals surface area contributed by atoms with Gasteiger partial charge in [-0.05, 0) is 35.9 Å². The predicted molar refractivity (Wildman–Crippen MR) is 97.6 cm³/mol. The Labute approximate surface area is 151 Å². The number of ether oxygens (including phenoxy) is 3. The number of fused-ring (bicyclic) bond motifs is 1. The molecule has 26 heavy (non-hydrogen) atoms. The molecule has 0 aromatic heterocycles. The number of nitrogens with one attached hydrogen (secondary N) is 1. The Morgan fingerprint density at radius 1 is 1.04 bits per heavy atom. The van der Waals surface area contributed by atoms with Crippen molar-refractivity contribution in [2.75, 3.05) is 38.6 Å². The molecular weight excluding hydrogens is 336 g/mol. The van der Waals surface area contributed by atoms with E-state index in [1.807, 2.05) is 12.1 Å². The van der Waals surface area contributed by atoms with Crippen LogP contribution in [0.5, 0.6) is 17.2 Å². The topological polar surface area (TPSA) is 77.1 Å². The Morgan fingerprint density at radius 2 is 1.77 bits per heavy atom. The Bertz CT molecular complexity index is 878. The third kappa shape index (κ3) is 2.92. The molecule has 0 atom stereocenters. The molecule has 0 saturated carbocycles. The Kier molecular flexibility index (Phi) is 4.71. The number of anilines is 2. The molecule has 0 radical (unpaired) electrons. The smallest absolute Gasteiger partial charge is 0.259 e. The van der Waals surface area contributed by atoms with Gasteiger partial charge < -0.3 is 24.4 Å². The van der Waals surface area contributed by atoms with Crippen LogP contribution in [0.4, 0.5) is 11.4 Å². The first-order chi connectivity index (χ1) is 12.5. The highest BCUT2D eigenvalue weighted by Gasteiger charge is 2.25. The second-order valence-corrected chi connectivity index (χ2v) is 5.81. The van der Waals surface area contributed by atoms with E-state index in [0.717, 1.165) is 11.3 Å². The van der Waals surface area contributed by atoms with Crippen molar-refractivity contribution in [3.05, 3.63) is 41.5 Å². The number of benzene rings is 2. The summed E-state index contributed by atoms with van der Waals surface area (Å²) in [6.07, 6.45) is 0.329. The van der Waals surface area contributed by atoms with Crippen LogP contribution in [0.15, 0.2) is 30.3 Å². The van der Waals surface area contributed by atoms with Crippen LogP contribution < -0.4 is 24.4 Å². The Balaban J connectivity index is 1.90. The number of methoxy groups -OCH3 is 3. The summed E-state index contributed by atoms with van der Waals surface area (Å²) < 4.78 is 15.9. The summed E-state index contributed by atoms with van der Waals surface area (Å²) in [7, 11) is 6.20. The fraction of sp³-hybridized carbons (Fsp3) is 0.263. The molecule has 2 amide bonds. The zero-order valence-electron chi connectivity index (χ0n) is 15.1. The number of nitrogens with zero attached hydrogens (tertiary/aromatic N) is 1. The van der Waals surface area contributed by atoms with Crippen molar-refractivity contribution in [3.8, 4) is 17.2 Å². The highest BCUT2D eigenvalue weighted by atomic mass is 16.5. The third-order valence-corrected chi connectivity index (χ3v) is 4.36. The van der Waals surface area contributed by atoms with Crippen molar-refractivity contribution in [1.29, 1.82) is 0 Å². The molecule has 7 nitrogen and oxygen atoms in total. The minimum Gasteiger partial charge on any atom is -0.493 e. The van der Waals surface area contributed by atoms with E-state index in [9.17, 15) is 9.59 Å². The van der Waals surface area contributed by atoms with Gasteiger partial charge in [-0.1, -0.05) is 0 Å².